The van der Waals surface area contributed by atoms with Crippen molar-refractivity contribution in [3.8, 4) is 6.07 Å². The molecule has 0 bridgehead atoms. The van der Waals surface area contributed by atoms with Gasteiger partial charge in [-0.2, -0.15) is 5.26 Å². The SMILES string of the molecule is CC.CC(C)N(C(C)C)P(O)OCCC#N. The molecule has 0 amide bonds. The summed E-state index contributed by atoms with van der Waals surface area (Å²) >= 11 is 0. The number of rotatable bonds is 6. The molecule has 0 aromatic heterocycles. The molecule has 1 unspecified atom stereocenters. The lowest BCUT2D eigenvalue weighted by Gasteiger charge is -2.32. The van der Waals surface area contributed by atoms with Crippen LogP contribution in [0.4, 0.5) is 0 Å². The van der Waals surface area contributed by atoms with Crippen LogP contribution in [-0.2, 0) is 4.52 Å². The second-order valence-corrected chi connectivity index (χ2v) is 4.79. The Morgan fingerprint density at radius 1 is 1.25 bits per heavy atom. The van der Waals surface area contributed by atoms with E-state index in [1.54, 1.807) is 0 Å². The second kappa shape index (κ2) is 11.3. The Kier molecular flexibility index (Phi) is 12.8. The number of nitriles is 1. The lowest BCUT2D eigenvalue weighted by atomic mass is 10.3. The summed E-state index contributed by atoms with van der Waals surface area (Å²) in [5, 5.41) is 8.32. The monoisotopic (exact) mass is 248 g/mol. The summed E-state index contributed by atoms with van der Waals surface area (Å²) in [6.45, 7) is 12.4. The van der Waals surface area contributed by atoms with Gasteiger partial charge in [0.25, 0.3) is 8.53 Å². The molecule has 0 spiro atoms. The zero-order chi connectivity index (χ0) is 13.1. The van der Waals surface area contributed by atoms with Crippen LogP contribution in [0, 0.1) is 11.3 Å². The van der Waals surface area contributed by atoms with Gasteiger partial charge in [-0.15, -0.1) is 0 Å². The van der Waals surface area contributed by atoms with E-state index in [2.05, 4.69) is 0 Å². The van der Waals surface area contributed by atoms with Crippen LogP contribution < -0.4 is 0 Å². The van der Waals surface area contributed by atoms with E-state index in [4.69, 9.17) is 9.79 Å². The first-order valence-electron chi connectivity index (χ1n) is 5.77. The highest BCUT2D eigenvalue weighted by Crippen LogP contribution is 2.40. The summed E-state index contributed by atoms with van der Waals surface area (Å²) in [6, 6.07) is 2.46. The average molecular weight is 248 g/mol. The number of hydrogen-bond donors (Lipinski definition) is 1. The van der Waals surface area contributed by atoms with Gasteiger partial charge < -0.3 is 9.42 Å². The largest absolute Gasteiger partial charge is 0.338 e. The molecule has 0 saturated heterocycles. The van der Waals surface area contributed by atoms with Crippen LogP contribution in [0.25, 0.3) is 0 Å². The van der Waals surface area contributed by atoms with Gasteiger partial charge in [0.15, 0.2) is 0 Å². The molecule has 0 aliphatic heterocycles. The molecule has 1 N–H and O–H groups in total. The van der Waals surface area contributed by atoms with Crippen molar-refractivity contribution in [2.75, 3.05) is 6.61 Å². The van der Waals surface area contributed by atoms with Gasteiger partial charge in [-0.3, -0.25) is 0 Å². The Morgan fingerprint density at radius 2 is 1.69 bits per heavy atom. The molecule has 0 rings (SSSR count). The molecule has 0 fully saturated rings. The maximum Gasteiger partial charge on any atom is 0.256 e. The van der Waals surface area contributed by atoms with E-state index < -0.39 is 8.53 Å². The lowest BCUT2D eigenvalue weighted by Crippen LogP contribution is -2.32. The zero-order valence-electron chi connectivity index (χ0n) is 11.3. The molecule has 16 heavy (non-hydrogen) atoms. The van der Waals surface area contributed by atoms with Gasteiger partial charge >= 0.3 is 0 Å². The Balaban J connectivity index is 0. The van der Waals surface area contributed by atoms with Crippen molar-refractivity contribution in [1.82, 2.24) is 4.67 Å². The lowest BCUT2D eigenvalue weighted by molar-refractivity contribution is 0.215. The fourth-order valence-electron chi connectivity index (χ4n) is 1.23. The summed E-state index contributed by atoms with van der Waals surface area (Å²) in [5.74, 6) is 0. The Morgan fingerprint density at radius 3 is 2.00 bits per heavy atom. The number of hydrogen-bond acceptors (Lipinski definition) is 4. The smallest absolute Gasteiger partial charge is 0.256 e. The second-order valence-electron chi connectivity index (χ2n) is 3.56. The molecular formula is C11H25N2O2P. The van der Waals surface area contributed by atoms with E-state index in [-0.39, 0.29) is 12.1 Å². The number of nitrogens with zero attached hydrogens (tertiary/aromatic N) is 2. The maximum absolute atomic E-state index is 9.74. The van der Waals surface area contributed by atoms with E-state index >= 15 is 0 Å². The molecule has 96 valence electrons. The Labute approximate surface area is 101 Å². The zero-order valence-corrected chi connectivity index (χ0v) is 12.2. The minimum absolute atomic E-state index is 0.244. The minimum atomic E-state index is -1.55. The first-order chi connectivity index (χ1) is 7.50. The summed E-state index contributed by atoms with van der Waals surface area (Å²) in [4.78, 5) is 9.74. The molecular weight excluding hydrogens is 223 g/mol. The Hall–Kier alpha value is -0.200. The molecule has 0 saturated carbocycles. The van der Waals surface area contributed by atoms with Crippen LogP contribution >= 0.6 is 8.53 Å². The molecule has 5 heteroatoms. The highest BCUT2D eigenvalue weighted by molar-refractivity contribution is 7.43. The van der Waals surface area contributed by atoms with E-state index in [9.17, 15) is 4.89 Å². The van der Waals surface area contributed by atoms with Crippen LogP contribution in [0.15, 0.2) is 0 Å². The van der Waals surface area contributed by atoms with E-state index in [1.807, 2.05) is 52.3 Å². The van der Waals surface area contributed by atoms with Crippen molar-refractivity contribution in [2.45, 2.75) is 60.0 Å². The van der Waals surface area contributed by atoms with E-state index in [0.717, 1.165) is 0 Å². The first-order valence-corrected chi connectivity index (χ1v) is 6.94. The molecule has 0 radical (unpaired) electrons. The molecule has 0 aromatic carbocycles. The predicted octanol–water partition coefficient (Wildman–Crippen LogP) is 3.28. The highest BCUT2D eigenvalue weighted by Gasteiger charge is 2.23. The van der Waals surface area contributed by atoms with E-state index in [0.29, 0.717) is 13.0 Å². The summed E-state index contributed by atoms with van der Waals surface area (Å²) < 4.78 is 7.10. The third kappa shape index (κ3) is 8.01. The van der Waals surface area contributed by atoms with Gasteiger partial charge in [-0.05, 0) is 27.7 Å². The Bertz CT molecular complexity index is 185. The van der Waals surface area contributed by atoms with E-state index in [1.165, 1.54) is 0 Å². The van der Waals surface area contributed by atoms with Gasteiger partial charge in [0, 0.05) is 12.1 Å². The fraction of sp³-hybridized carbons (Fsp3) is 0.909. The average Bonchev–Trinajstić information content (AvgIpc) is 2.20. The topological polar surface area (TPSA) is 56.5 Å². The summed E-state index contributed by atoms with van der Waals surface area (Å²) in [5.41, 5.74) is 0. The molecule has 0 heterocycles. The predicted molar refractivity (Wildman–Crippen MR) is 68.8 cm³/mol. The first kappa shape index (κ1) is 18.2. The third-order valence-electron chi connectivity index (χ3n) is 1.68. The minimum Gasteiger partial charge on any atom is -0.338 e. The van der Waals surface area contributed by atoms with Crippen LogP contribution in [0.2, 0.25) is 0 Å². The van der Waals surface area contributed by atoms with Gasteiger partial charge in [0.1, 0.15) is 0 Å². The maximum atomic E-state index is 9.74. The van der Waals surface area contributed by atoms with Crippen LogP contribution in [0.3, 0.4) is 0 Å². The van der Waals surface area contributed by atoms with Crippen molar-refractivity contribution in [2.24, 2.45) is 0 Å². The quantitative estimate of drug-likeness (QED) is 0.579. The molecule has 0 aliphatic rings. The summed E-state index contributed by atoms with van der Waals surface area (Å²) in [7, 11) is -1.55. The van der Waals surface area contributed by atoms with Crippen LogP contribution in [0.1, 0.15) is 48.0 Å². The van der Waals surface area contributed by atoms with Gasteiger partial charge in [-0.1, -0.05) is 13.8 Å². The van der Waals surface area contributed by atoms with Gasteiger partial charge in [0.05, 0.1) is 19.1 Å². The van der Waals surface area contributed by atoms with Crippen molar-refractivity contribution < 1.29 is 9.42 Å². The van der Waals surface area contributed by atoms with Gasteiger partial charge in [-0.25, -0.2) is 4.67 Å². The summed E-state index contributed by atoms with van der Waals surface area (Å²) in [6.07, 6.45) is 0.323. The van der Waals surface area contributed by atoms with Crippen molar-refractivity contribution in [3.63, 3.8) is 0 Å². The van der Waals surface area contributed by atoms with Gasteiger partial charge in [0.2, 0.25) is 0 Å². The van der Waals surface area contributed by atoms with Crippen molar-refractivity contribution in [3.05, 3.63) is 0 Å². The third-order valence-corrected chi connectivity index (χ3v) is 3.41. The standard InChI is InChI=1S/C9H19N2O2P.C2H6/c1-8(2)11(9(3)4)14(12)13-7-5-6-10;1-2/h8-9,12H,5,7H2,1-4H3;1-2H3. The van der Waals surface area contributed by atoms with Crippen molar-refractivity contribution in [1.29, 1.82) is 5.26 Å². The highest BCUT2D eigenvalue weighted by atomic mass is 31.2. The molecule has 0 aromatic rings. The molecule has 0 aliphatic carbocycles. The normalized spacial score (nSPS) is 12.3. The van der Waals surface area contributed by atoms with Crippen molar-refractivity contribution >= 4 is 8.53 Å². The molecule has 4 nitrogen and oxygen atoms in total. The van der Waals surface area contributed by atoms with Crippen LogP contribution in [0.5, 0.6) is 0 Å². The molecule has 1 atom stereocenters. The fourth-order valence-corrected chi connectivity index (χ4v) is 2.41. The van der Waals surface area contributed by atoms with Crippen LogP contribution in [-0.4, -0.2) is 28.3 Å².